The number of anilines is 1. The van der Waals surface area contributed by atoms with E-state index in [-0.39, 0.29) is 0 Å². The monoisotopic (exact) mass is 252 g/mol. The van der Waals surface area contributed by atoms with Crippen LogP contribution >= 0.6 is 11.6 Å². The molecule has 0 spiro atoms. The van der Waals surface area contributed by atoms with Crippen LogP contribution in [0.2, 0.25) is 5.15 Å². The van der Waals surface area contributed by atoms with Crippen molar-refractivity contribution >= 4 is 17.3 Å². The fourth-order valence-electron chi connectivity index (χ4n) is 2.97. The second-order valence-corrected chi connectivity index (χ2v) is 6.45. The van der Waals surface area contributed by atoms with E-state index >= 15 is 0 Å². The molecule has 1 saturated carbocycles. The smallest absolute Gasteiger partial charge is 0.129 e. The summed E-state index contributed by atoms with van der Waals surface area (Å²) in [4.78, 5) is 4.28. The number of nitrogens with zero attached hydrogens (tertiary/aromatic N) is 1. The largest absolute Gasteiger partial charge is 0.381 e. The number of aryl methyl sites for hydroxylation is 1. The molecule has 1 aromatic rings. The molecule has 2 nitrogen and oxygen atoms in total. The van der Waals surface area contributed by atoms with Gasteiger partial charge in [0.15, 0.2) is 0 Å². The van der Waals surface area contributed by atoms with E-state index in [1.807, 2.05) is 19.1 Å². The lowest BCUT2D eigenvalue weighted by molar-refractivity contribution is 0.366. The molecule has 0 aromatic carbocycles. The van der Waals surface area contributed by atoms with E-state index in [2.05, 4.69) is 31.1 Å². The van der Waals surface area contributed by atoms with Crippen molar-refractivity contribution in [2.75, 3.05) is 5.32 Å². The summed E-state index contributed by atoms with van der Waals surface area (Å²) in [5, 5.41) is 4.18. The lowest BCUT2D eigenvalue weighted by Gasteiger charge is -2.20. The summed E-state index contributed by atoms with van der Waals surface area (Å²) in [6.45, 7) is 9.01. The summed E-state index contributed by atoms with van der Waals surface area (Å²) in [6, 6.07) is 4.43. The zero-order valence-electron chi connectivity index (χ0n) is 11.0. The molecule has 1 fully saturated rings. The molecule has 3 heteroatoms. The second-order valence-electron chi connectivity index (χ2n) is 6.07. The minimum Gasteiger partial charge on any atom is -0.381 e. The van der Waals surface area contributed by atoms with Gasteiger partial charge < -0.3 is 5.32 Å². The SMILES string of the molecule is Cc1nc(Cl)ccc1NC1CC(C)(C)CC1C. The van der Waals surface area contributed by atoms with Crippen LogP contribution in [0.5, 0.6) is 0 Å². The number of rotatable bonds is 2. The van der Waals surface area contributed by atoms with E-state index < -0.39 is 0 Å². The van der Waals surface area contributed by atoms with Crippen molar-refractivity contribution < 1.29 is 0 Å². The third-order valence-electron chi connectivity index (χ3n) is 3.73. The van der Waals surface area contributed by atoms with E-state index in [4.69, 9.17) is 11.6 Å². The van der Waals surface area contributed by atoms with Crippen molar-refractivity contribution in [3.8, 4) is 0 Å². The molecule has 94 valence electrons. The van der Waals surface area contributed by atoms with Gasteiger partial charge in [-0.2, -0.15) is 0 Å². The Balaban J connectivity index is 2.11. The van der Waals surface area contributed by atoms with Gasteiger partial charge in [-0.1, -0.05) is 32.4 Å². The van der Waals surface area contributed by atoms with Crippen LogP contribution in [-0.2, 0) is 0 Å². The van der Waals surface area contributed by atoms with Crippen LogP contribution in [0.3, 0.4) is 0 Å². The first kappa shape index (κ1) is 12.7. The predicted octanol–water partition coefficient (Wildman–Crippen LogP) is 4.28. The average molecular weight is 253 g/mol. The molecular formula is C14H21ClN2. The average Bonchev–Trinajstić information content (AvgIpc) is 2.44. The summed E-state index contributed by atoms with van der Waals surface area (Å²) in [5.41, 5.74) is 2.54. The Morgan fingerprint density at radius 2 is 2.06 bits per heavy atom. The molecule has 0 saturated heterocycles. The standard InChI is InChI=1S/C14H21ClN2/c1-9-7-14(3,4)8-12(9)17-11-5-6-13(15)16-10(11)2/h5-6,9,12,17H,7-8H2,1-4H3. The highest BCUT2D eigenvalue weighted by molar-refractivity contribution is 6.29. The van der Waals surface area contributed by atoms with Crippen molar-refractivity contribution in [1.82, 2.24) is 4.98 Å². The molecule has 1 aliphatic rings. The summed E-state index contributed by atoms with van der Waals surface area (Å²) in [7, 11) is 0. The maximum absolute atomic E-state index is 5.87. The third-order valence-corrected chi connectivity index (χ3v) is 3.94. The number of nitrogens with one attached hydrogen (secondary N) is 1. The van der Waals surface area contributed by atoms with E-state index in [1.165, 1.54) is 12.8 Å². The molecule has 1 aliphatic carbocycles. The molecule has 0 aliphatic heterocycles. The van der Waals surface area contributed by atoms with Crippen LogP contribution in [0.1, 0.15) is 39.3 Å². The summed E-state index contributed by atoms with van der Waals surface area (Å²) in [5.74, 6) is 0.708. The first-order valence-corrected chi connectivity index (χ1v) is 6.65. The molecule has 2 unspecified atom stereocenters. The van der Waals surface area contributed by atoms with Crippen molar-refractivity contribution in [2.24, 2.45) is 11.3 Å². The van der Waals surface area contributed by atoms with Crippen LogP contribution in [0.15, 0.2) is 12.1 Å². The molecule has 1 aromatic heterocycles. The number of halogens is 1. The van der Waals surface area contributed by atoms with Gasteiger partial charge in [0.05, 0.1) is 11.4 Å². The van der Waals surface area contributed by atoms with Crippen LogP contribution in [0, 0.1) is 18.3 Å². The fourth-order valence-corrected chi connectivity index (χ4v) is 3.16. The Kier molecular flexibility index (Phi) is 3.35. The summed E-state index contributed by atoms with van der Waals surface area (Å²) in [6.07, 6.45) is 2.50. The van der Waals surface area contributed by atoms with Gasteiger partial charge in [0.2, 0.25) is 0 Å². The number of hydrogen-bond donors (Lipinski definition) is 1. The first-order valence-electron chi connectivity index (χ1n) is 6.27. The number of aromatic nitrogens is 1. The quantitative estimate of drug-likeness (QED) is 0.795. The minimum atomic E-state index is 0.449. The van der Waals surface area contributed by atoms with Crippen molar-refractivity contribution in [1.29, 1.82) is 0 Å². The topological polar surface area (TPSA) is 24.9 Å². The Labute approximate surface area is 109 Å². The van der Waals surface area contributed by atoms with Crippen molar-refractivity contribution in [2.45, 2.75) is 46.6 Å². The van der Waals surface area contributed by atoms with Gasteiger partial charge >= 0.3 is 0 Å². The lowest BCUT2D eigenvalue weighted by Crippen LogP contribution is -2.23. The van der Waals surface area contributed by atoms with Crippen molar-refractivity contribution in [3.63, 3.8) is 0 Å². The van der Waals surface area contributed by atoms with Crippen LogP contribution in [0.4, 0.5) is 5.69 Å². The molecule has 1 heterocycles. The summed E-state index contributed by atoms with van der Waals surface area (Å²) < 4.78 is 0. The van der Waals surface area contributed by atoms with Crippen LogP contribution in [0.25, 0.3) is 0 Å². The highest BCUT2D eigenvalue weighted by atomic mass is 35.5. The maximum Gasteiger partial charge on any atom is 0.129 e. The predicted molar refractivity (Wildman–Crippen MR) is 73.6 cm³/mol. The second kappa shape index (κ2) is 4.49. The van der Waals surface area contributed by atoms with Gasteiger partial charge in [-0.25, -0.2) is 4.98 Å². The Morgan fingerprint density at radius 3 is 2.59 bits per heavy atom. The van der Waals surface area contributed by atoms with Gasteiger partial charge in [0.1, 0.15) is 5.15 Å². The molecule has 0 bridgehead atoms. The van der Waals surface area contributed by atoms with Crippen molar-refractivity contribution in [3.05, 3.63) is 23.0 Å². The molecule has 0 amide bonds. The minimum absolute atomic E-state index is 0.449. The van der Waals surface area contributed by atoms with E-state index in [9.17, 15) is 0 Å². The Hall–Kier alpha value is -0.760. The van der Waals surface area contributed by atoms with Gasteiger partial charge in [0, 0.05) is 6.04 Å². The van der Waals surface area contributed by atoms with Gasteiger partial charge in [-0.3, -0.25) is 0 Å². The number of pyridine rings is 1. The Morgan fingerprint density at radius 1 is 1.35 bits per heavy atom. The lowest BCUT2D eigenvalue weighted by atomic mass is 9.91. The van der Waals surface area contributed by atoms with Gasteiger partial charge in [0.25, 0.3) is 0 Å². The highest BCUT2D eigenvalue weighted by Crippen LogP contribution is 2.42. The molecule has 17 heavy (non-hydrogen) atoms. The molecule has 0 radical (unpaired) electrons. The zero-order valence-corrected chi connectivity index (χ0v) is 11.8. The molecule has 2 atom stereocenters. The van der Waals surface area contributed by atoms with E-state index in [1.54, 1.807) is 0 Å². The highest BCUT2D eigenvalue weighted by Gasteiger charge is 2.36. The van der Waals surface area contributed by atoms with Crippen LogP contribution in [-0.4, -0.2) is 11.0 Å². The normalized spacial score (nSPS) is 27.1. The summed E-state index contributed by atoms with van der Waals surface area (Å²) >= 11 is 5.87. The van der Waals surface area contributed by atoms with Gasteiger partial charge in [-0.05, 0) is 43.2 Å². The zero-order chi connectivity index (χ0) is 12.6. The van der Waals surface area contributed by atoms with E-state index in [0.29, 0.717) is 22.5 Å². The van der Waals surface area contributed by atoms with Crippen LogP contribution < -0.4 is 5.32 Å². The van der Waals surface area contributed by atoms with E-state index in [0.717, 1.165) is 11.4 Å². The fraction of sp³-hybridized carbons (Fsp3) is 0.643. The first-order chi connectivity index (χ1) is 7.87. The molecule has 2 rings (SSSR count). The van der Waals surface area contributed by atoms with Gasteiger partial charge in [-0.15, -0.1) is 0 Å². The molecular weight excluding hydrogens is 232 g/mol. The third kappa shape index (κ3) is 2.92. The number of hydrogen-bond acceptors (Lipinski definition) is 2. The Bertz CT molecular complexity index is 415. The molecule has 1 N–H and O–H groups in total. The maximum atomic E-state index is 5.87.